The number of carbonyl (C=O) groups is 5. The third kappa shape index (κ3) is 4.87. The molecule has 10 heteroatoms. The van der Waals surface area contributed by atoms with Crippen molar-refractivity contribution in [2.75, 3.05) is 13.7 Å². The molecule has 4 N–H and O–H groups in total. The average molecular weight is 434 g/mol. The molecule has 10 nitrogen and oxygen atoms in total. The van der Waals surface area contributed by atoms with E-state index in [-0.39, 0.29) is 31.7 Å². The Kier molecular flexibility index (Phi) is 8.14. The number of carboxylic acids is 1. The van der Waals surface area contributed by atoms with Crippen LogP contribution in [0.15, 0.2) is 30.3 Å². The van der Waals surface area contributed by atoms with E-state index in [9.17, 15) is 29.1 Å². The van der Waals surface area contributed by atoms with Crippen molar-refractivity contribution >= 4 is 29.6 Å². The number of aliphatic carboxylic acids is 1. The van der Waals surface area contributed by atoms with Crippen LogP contribution < -0.4 is 11.1 Å². The number of carbonyl (C=O) groups excluding carboxylic acids is 4. The lowest BCUT2D eigenvalue weighted by atomic mass is 10.0. The normalized spacial score (nSPS) is 22.7. The average Bonchev–Trinajstić information content (AvgIpc) is 3.00. The Morgan fingerprint density at radius 1 is 1.23 bits per heavy atom. The summed E-state index contributed by atoms with van der Waals surface area (Å²) in [6.07, 6.45) is -1.04. The van der Waals surface area contributed by atoms with Crippen LogP contribution in [0.4, 0.5) is 0 Å². The minimum absolute atomic E-state index is 0.122. The van der Waals surface area contributed by atoms with E-state index in [1.807, 2.05) is 0 Å². The number of amides is 4. The Morgan fingerprint density at radius 3 is 2.39 bits per heavy atom. The maximum Gasteiger partial charge on any atom is 0.364 e. The van der Waals surface area contributed by atoms with Gasteiger partial charge in [-0.2, -0.15) is 0 Å². The number of carboxylic acid groups (broad SMARTS) is 1. The van der Waals surface area contributed by atoms with Gasteiger partial charge in [-0.05, 0) is 31.9 Å². The second kappa shape index (κ2) is 10.4. The minimum Gasteiger partial charge on any atom is -0.477 e. The topological polar surface area (TPSA) is 153 Å². The molecular weight excluding hydrogens is 406 g/mol. The number of nitrogens with one attached hydrogen (secondary N) is 1. The van der Waals surface area contributed by atoms with E-state index >= 15 is 0 Å². The van der Waals surface area contributed by atoms with Crippen LogP contribution in [0.2, 0.25) is 0 Å². The van der Waals surface area contributed by atoms with E-state index in [0.29, 0.717) is 12.0 Å². The Morgan fingerprint density at radius 2 is 1.87 bits per heavy atom. The predicted octanol–water partition coefficient (Wildman–Crippen LogP) is 0.202. The SMILES string of the molecule is COC1CC(=O)[N+](C(=O)[C@H](C)N)([C@@H](CCCCNC(=O)c2ccccc2)C(=O)O)C1=O. The molecule has 4 atom stereocenters. The predicted molar refractivity (Wildman–Crippen MR) is 108 cm³/mol. The Labute approximate surface area is 179 Å². The summed E-state index contributed by atoms with van der Waals surface area (Å²) in [5, 5.41) is 12.5. The van der Waals surface area contributed by atoms with Crippen molar-refractivity contribution in [3.63, 3.8) is 0 Å². The molecule has 0 aliphatic carbocycles. The molecule has 0 aromatic heterocycles. The molecule has 168 valence electrons. The zero-order valence-corrected chi connectivity index (χ0v) is 17.6. The van der Waals surface area contributed by atoms with Crippen molar-refractivity contribution in [3.8, 4) is 0 Å². The van der Waals surface area contributed by atoms with Gasteiger partial charge in [0.25, 0.3) is 5.91 Å². The Hall–Kier alpha value is -2.95. The van der Waals surface area contributed by atoms with Crippen LogP contribution in [0.3, 0.4) is 0 Å². The molecule has 0 saturated carbocycles. The lowest BCUT2D eigenvalue weighted by Crippen LogP contribution is -2.69. The standard InChI is InChI=1S/C21H27N3O7/c1-13(22)19(27)24(17(25)12-16(31-2)20(24)28)15(21(29)30)10-6-7-11-23-18(26)14-8-4-3-5-9-14/h3-5,8-9,13,15-16H,6-7,10-12,22H2,1-2H3,(H-,23,26,29,30)/p+1/t13-,15-,16?,24?/m0/s1. The van der Waals surface area contributed by atoms with Crippen molar-refractivity contribution in [2.24, 2.45) is 5.73 Å². The van der Waals surface area contributed by atoms with Crippen LogP contribution >= 0.6 is 0 Å². The molecule has 1 aliphatic heterocycles. The van der Waals surface area contributed by atoms with E-state index in [1.54, 1.807) is 30.3 Å². The van der Waals surface area contributed by atoms with E-state index in [2.05, 4.69) is 5.32 Å². The van der Waals surface area contributed by atoms with Gasteiger partial charge in [0.2, 0.25) is 6.04 Å². The highest BCUT2D eigenvalue weighted by atomic mass is 16.5. The number of hydrogen-bond donors (Lipinski definition) is 3. The molecule has 1 heterocycles. The van der Waals surface area contributed by atoms with Crippen LogP contribution in [-0.2, 0) is 23.9 Å². The first-order valence-corrected chi connectivity index (χ1v) is 10.0. The number of nitrogens with zero attached hydrogens (tertiary/aromatic N) is 1. The maximum atomic E-state index is 12.9. The van der Waals surface area contributed by atoms with Gasteiger partial charge in [0.05, 0.1) is 0 Å². The molecule has 4 amide bonds. The van der Waals surface area contributed by atoms with Crippen LogP contribution in [-0.4, -0.2) is 71.0 Å². The third-order valence-electron chi connectivity index (χ3n) is 5.38. The molecule has 1 aromatic rings. The fourth-order valence-electron chi connectivity index (χ4n) is 3.80. The Balaban J connectivity index is 2.10. The van der Waals surface area contributed by atoms with Gasteiger partial charge in [-0.3, -0.25) is 4.79 Å². The molecular formula is C21H28N3O7+. The van der Waals surface area contributed by atoms with Gasteiger partial charge in [0, 0.05) is 25.6 Å². The number of ether oxygens (including phenoxy) is 1. The number of unbranched alkanes of at least 4 members (excludes halogenated alkanes) is 1. The second-order valence-corrected chi connectivity index (χ2v) is 7.48. The summed E-state index contributed by atoms with van der Waals surface area (Å²) in [6.45, 7) is 1.57. The number of hydrogen-bond acceptors (Lipinski definition) is 7. The lowest BCUT2D eigenvalue weighted by Gasteiger charge is -2.33. The molecule has 2 rings (SSSR count). The van der Waals surface area contributed by atoms with Gasteiger partial charge < -0.3 is 20.9 Å². The maximum absolute atomic E-state index is 12.9. The first kappa shape index (κ1) is 24.3. The summed E-state index contributed by atoms with van der Waals surface area (Å²) in [5.74, 6) is -4.40. The van der Waals surface area contributed by atoms with E-state index < -0.39 is 46.4 Å². The lowest BCUT2D eigenvalue weighted by molar-refractivity contribution is -0.719. The summed E-state index contributed by atoms with van der Waals surface area (Å²) in [7, 11) is 1.22. The molecule has 1 fully saturated rings. The largest absolute Gasteiger partial charge is 0.477 e. The summed E-state index contributed by atoms with van der Waals surface area (Å²) in [5.41, 5.74) is 6.16. The van der Waals surface area contributed by atoms with Gasteiger partial charge in [-0.25, -0.2) is 19.2 Å². The summed E-state index contributed by atoms with van der Waals surface area (Å²) >= 11 is 0. The van der Waals surface area contributed by atoms with Gasteiger partial charge in [-0.15, -0.1) is 4.48 Å². The summed E-state index contributed by atoms with van der Waals surface area (Å²) in [4.78, 5) is 62.7. The summed E-state index contributed by atoms with van der Waals surface area (Å²) < 4.78 is 3.53. The molecule has 1 aliphatic rings. The van der Waals surface area contributed by atoms with Crippen LogP contribution in [0.1, 0.15) is 43.0 Å². The van der Waals surface area contributed by atoms with Gasteiger partial charge in [0.15, 0.2) is 6.10 Å². The number of rotatable bonds is 10. The van der Waals surface area contributed by atoms with Crippen molar-refractivity contribution in [3.05, 3.63) is 35.9 Å². The van der Waals surface area contributed by atoms with Crippen molar-refractivity contribution in [2.45, 2.75) is 50.8 Å². The fourth-order valence-corrected chi connectivity index (χ4v) is 3.80. The third-order valence-corrected chi connectivity index (χ3v) is 5.38. The number of quaternary nitrogens is 1. The first-order chi connectivity index (χ1) is 14.7. The number of imide groups is 3. The molecule has 1 aromatic carbocycles. The Bertz CT molecular complexity index is 856. The smallest absolute Gasteiger partial charge is 0.364 e. The van der Waals surface area contributed by atoms with E-state index in [1.165, 1.54) is 14.0 Å². The van der Waals surface area contributed by atoms with Crippen LogP contribution in [0.25, 0.3) is 0 Å². The summed E-state index contributed by atoms with van der Waals surface area (Å²) in [6, 6.07) is 5.78. The van der Waals surface area contributed by atoms with E-state index in [0.717, 1.165) is 0 Å². The highest BCUT2D eigenvalue weighted by Gasteiger charge is 2.67. The van der Waals surface area contributed by atoms with Gasteiger partial charge in [0.1, 0.15) is 12.5 Å². The highest BCUT2D eigenvalue weighted by molar-refractivity contribution is 6.08. The molecule has 1 saturated heterocycles. The van der Waals surface area contributed by atoms with Crippen LogP contribution in [0, 0.1) is 0 Å². The monoisotopic (exact) mass is 434 g/mol. The molecule has 0 bridgehead atoms. The quantitative estimate of drug-likeness (QED) is 0.268. The first-order valence-electron chi connectivity index (χ1n) is 10.0. The minimum atomic E-state index is -1.61. The zero-order valence-electron chi connectivity index (χ0n) is 17.6. The number of likely N-dealkylation sites (tertiary alicyclic amines) is 1. The molecule has 2 unspecified atom stereocenters. The number of methoxy groups -OCH3 is 1. The molecule has 0 radical (unpaired) electrons. The van der Waals surface area contributed by atoms with Gasteiger partial charge in [-0.1, -0.05) is 18.2 Å². The molecule has 31 heavy (non-hydrogen) atoms. The highest BCUT2D eigenvalue weighted by Crippen LogP contribution is 2.32. The van der Waals surface area contributed by atoms with Crippen molar-refractivity contribution in [1.82, 2.24) is 5.32 Å². The number of nitrogens with two attached hydrogens (primary N) is 1. The van der Waals surface area contributed by atoms with Crippen molar-refractivity contribution < 1.29 is 38.3 Å². The fraction of sp³-hybridized carbons (Fsp3) is 0.476. The van der Waals surface area contributed by atoms with E-state index in [4.69, 9.17) is 10.5 Å². The number of benzene rings is 1. The van der Waals surface area contributed by atoms with Crippen molar-refractivity contribution in [1.29, 1.82) is 0 Å². The van der Waals surface area contributed by atoms with Crippen LogP contribution in [0.5, 0.6) is 0 Å². The van der Waals surface area contributed by atoms with Gasteiger partial charge >= 0.3 is 23.7 Å². The second-order valence-electron chi connectivity index (χ2n) is 7.48. The zero-order chi connectivity index (χ0) is 23.2. The molecule has 0 spiro atoms.